The van der Waals surface area contributed by atoms with E-state index in [1.807, 2.05) is 18.2 Å². The number of rotatable bonds is 4. The minimum absolute atomic E-state index is 0.0681. The molecule has 0 spiro atoms. The lowest BCUT2D eigenvalue weighted by atomic mass is 10.0. The van der Waals surface area contributed by atoms with Crippen molar-refractivity contribution in [1.29, 1.82) is 0 Å². The number of hydrogen-bond donors (Lipinski definition) is 1. The van der Waals surface area contributed by atoms with Crippen molar-refractivity contribution in [2.45, 2.75) is 38.3 Å². The molecule has 1 fully saturated rings. The predicted octanol–water partition coefficient (Wildman–Crippen LogP) is 2.75. The molecule has 110 valence electrons. The van der Waals surface area contributed by atoms with E-state index in [9.17, 15) is 4.79 Å². The standard InChI is InChI=1S/C15H20ClNO3/c1-9(2)10-4-5-14(12(16)6-10)20-11-7-13(17-8-11)15(18)19-3/h4-6,9,11,13,17H,7-8H2,1-3H3/t11-,13+/m1/s1. The number of methoxy groups -OCH3 is 1. The predicted molar refractivity (Wildman–Crippen MR) is 78.4 cm³/mol. The Morgan fingerprint density at radius 1 is 1.45 bits per heavy atom. The molecule has 1 N–H and O–H groups in total. The van der Waals surface area contributed by atoms with Crippen LogP contribution in [0, 0.1) is 0 Å². The SMILES string of the molecule is COC(=O)[C@@H]1C[C@@H](Oc2ccc(C(C)C)cc2Cl)CN1. The Labute approximate surface area is 124 Å². The first-order chi connectivity index (χ1) is 9.51. The van der Waals surface area contributed by atoms with E-state index in [-0.39, 0.29) is 18.1 Å². The van der Waals surface area contributed by atoms with E-state index < -0.39 is 0 Å². The fraction of sp³-hybridized carbons (Fsp3) is 0.533. The molecule has 1 aliphatic heterocycles. The topological polar surface area (TPSA) is 47.6 Å². The van der Waals surface area contributed by atoms with Gasteiger partial charge in [-0.1, -0.05) is 31.5 Å². The van der Waals surface area contributed by atoms with E-state index >= 15 is 0 Å². The molecule has 1 aliphatic rings. The minimum Gasteiger partial charge on any atom is -0.487 e. The number of hydrogen-bond acceptors (Lipinski definition) is 4. The molecule has 2 atom stereocenters. The van der Waals surface area contributed by atoms with E-state index in [2.05, 4.69) is 19.2 Å². The zero-order valence-electron chi connectivity index (χ0n) is 12.0. The van der Waals surface area contributed by atoms with Crippen LogP contribution in [0.5, 0.6) is 5.75 Å². The molecule has 0 unspecified atom stereocenters. The monoisotopic (exact) mass is 297 g/mol. The maximum absolute atomic E-state index is 11.4. The summed E-state index contributed by atoms with van der Waals surface area (Å²) in [6.45, 7) is 4.85. The van der Waals surface area contributed by atoms with Crippen molar-refractivity contribution in [2.75, 3.05) is 13.7 Å². The van der Waals surface area contributed by atoms with Crippen molar-refractivity contribution >= 4 is 17.6 Å². The zero-order valence-corrected chi connectivity index (χ0v) is 12.7. The van der Waals surface area contributed by atoms with Crippen molar-refractivity contribution in [3.05, 3.63) is 28.8 Å². The molecule has 0 aliphatic carbocycles. The summed E-state index contributed by atoms with van der Waals surface area (Å²) in [5.74, 6) is 0.837. The summed E-state index contributed by atoms with van der Waals surface area (Å²) in [5.41, 5.74) is 1.18. The van der Waals surface area contributed by atoms with Gasteiger partial charge in [-0.25, -0.2) is 0 Å². The van der Waals surface area contributed by atoms with Crippen LogP contribution < -0.4 is 10.1 Å². The van der Waals surface area contributed by atoms with E-state index in [1.54, 1.807) is 0 Å². The van der Waals surface area contributed by atoms with Crippen LogP contribution in [0.4, 0.5) is 0 Å². The van der Waals surface area contributed by atoms with Crippen LogP contribution in [-0.4, -0.2) is 31.8 Å². The Balaban J connectivity index is 1.99. The second kappa shape index (κ2) is 6.46. The van der Waals surface area contributed by atoms with Crippen LogP contribution in [0.3, 0.4) is 0 Å². The molecule has 1 saturated heterocycles. The lowest BCUT2D eigenvalue weighted by molar-refractivity contribution is -0.142. The Morgan fingerprint density at radius 2 is 2.20 bits per heavy atom. The average Bonchev–Trinajstić information content (AvgIpc) is 2.88. The highest BCUT2D eigenvalue weighted by molar-refractivity contribution is 6.32. The van der Waals surface area contributed by atoms with Gasteiger partial charge in [0, 0.05) is 13.0 Å². The van der Waals surface area contributed by atoms with Gasteiger partial charge in [-0.2, -0.15) is 0 Å². The van der Waals surface area contributed by atoms with E-state index in [0.717, 1.165) is 0 Å². The van der Waals surface area contributed by atoms with Crippen molar-refractivity contribution < 1.29 is 14.3 Å². The smallest absolute Gasteiger partial charge is 0.323 e. The van der Waals surface area contributed by atoms with Crippen molar-refractivity contribution in [3.63, 3.8) is 0 Å². The number of nitrogens with one attached hydrogen (secondary N) is 1. The van der Waals surface area contributed by atoms with Gasteiger partial charge < -0.3 is 14.8 Å². The molecule has 0 aromatic heterocycles. The van der Waals surface area contributed by atoms with Gasteiger partial charge in [0.15, 0.2) is 0 Å². The zero-order chi connectivity index (χ0) is 14.7. The van der Waals surface area contributed by atoms with Gasteiger partial charge in [0.2, 0.25) is 0 Å². The summed E-state index contributed by atoms with van der Waals surface area (Å²) in [6, 6.07) is 5.55. The maximum atomic E-state index is 11.4. The highest BCUT2D eigenvalue weighted by atomic mass is 35.5. The Hall–Kier alpha value is -1.26. The molecule has 0 radical (unpaired) electrons. The second-order valence-corrected chi connectivity index (χ2v) is 5.71. The van der Waals surface area contributed by atoms with Gasteiger partial charge in [0.05, 0.1) is 12.1 Å². The molecule has 5 heteroatoms. The van der Waals surface area contributed by atoms with Crippen LogP contribution in [0.1, 0.15) is 31.7 Å². The largest absolute Gasteiger partial charge is 0.487 e. The number of carbonyl (C=O) groups excluding carboxylic acids is 1. The van der Waals surface area contributed by atoms with E-state index in [4.69, 9.17) is 21.1 Å². The molecule has 0 saturated carbocycles. The number of ether oxygens (including phenoxy) is 2. The molecule has 0 amide bonds. The molecule has 2 rings (SSSR count). The number of benzene rings is 1. The number of carbonyl (C=O) groups is 1. The molecule has 20 heavy (non-hydrogen) atoms. The number of esters is 1. The first-order valence-electron chi connectivity index (χ1n) is 6.78. The van der Waals surface area contributed by atoms with Crippen molar-refractivity contribution in [3.8, 4) is 5.75 Å². The quantitative estimate of drug-likeness (QED) is 0.868. The first kappa shape index (κ1) is 15.1. The Bertz CT molecular complexity index is 490. The summed E-state index contributed by atoms with van der Waals surface area (Å²) in [4.78, 5) is 11.4. The van der Waals surface area contributed by atoms with Crippen molar-refractivity contribution in [2.24, 2.45) is 0 Å². The van der Waals surface area contributed by atoms with Gasteiger partial charge in [-0.05, 0) is 23.6 Å². The Morgan fingerprint density at radius 3 is 2.80 bits per heavy atom. The molecule has 1 aromatic rings. The molecule has 1 aromatic carbocycles. The lowest BCUT2D eigenvalue weighted by Crippen LogP contribution is -2.31. The minimum atomic E-state index is -0.293. The van der Waals surface area contributed by atoms with Gasteiger partial charge in [-0.3, -0.25) is 4.79 Å². The van der Waals surface area contributed by atoms with Crippen molar-refractivity contribution in [1.82, 2.24) is 5.32 Å². The van der Waals surface area contributed by atoms with Gasteiger partial charge in [-0.15, -0.1) is 0 Å². The fourth-order valence-electron chi connectivity index (χ4n) is 2.27. The van der Waals surface area contributed by atoms with E-state index in [0.29, 0.717) is 29.7 Å². The summed E-state index contributed by atoms with van der Waals surface area (Å²) in [7, 11) is 1.39. The van der Waals surface area contributed by atoms with Crippen LogP contribution >= 0.6 is 11.6 Å². The first-order valence-corrected chi connectivity index (χ1v) is 7.16. The van der Waals surface area contributed by atoms with Gasteiger partial charge in [0.25, 0.3) is 0 Å². The molecule has 1 heterocycles. The van der Waals surface area contributed by atoms with Crippen LogP contribution in [0.25, 0.3) is 0 Å². The third-order valence-electron chi connectivity index (χ3n) is 3.49. The lowest BCUT2D eigenvalue weighted by Gasteiger charge is -2.15. The average molecular weight is 298 g/mol. The maximum Gasteiger partial charge on any atom is 0.323 e. The van der Waals surface area contributed by atoms with Crippen LogP contribution in [0.2, 0.25) is 5.02 Å². The van der Waals surface area contributed by atoms with Crippen LogP contribution in [0.15, 0.2) is 18.2 Å². The molecule has 0 bridgehead atoms. The van der Waals surface area contributed by atoms with Crippen LogP contribution in [-0.2, 0) is 9.53 Å². The number of halogens is 1. The van der Waals surface area contributed by atoms with E-state index in [1.165, 1.54) is 12.7 Å². The summed E-state index contributed by atoms with van der Waals surface area (Å²) >= 11 is 6.24. The highest BCUT2D eigenvalue weighted by Gasteiger charge is 2.31. The summed E-state index contributed by atoms with van der Waals surface area (Å²) in [5, 5.41) is 3.69. The highest BCUT2D eigenvalue weighted by Crippen LogP contribution is 2.30. The normalized spacial score (nSPS) is 22.1. The molecular weight excluding hydrogens is 278 g/mol. The fourth-order valence-corrected chi connectivity index (χ4v) is 2.50. The summed E-state index contributed by atoms with van der Waals surface area (Å²) < 4.78 is 10.6. The third kappa shape index (κ3) is 3.44. The van der Waals surface area contributed by atoms with Gasteiger partial charge in [0.1, 0.15) is 17.9 Å². The second-order valence-electron chi connectivity index (χ2n) is 5.30. The summed E-state index contributed by atoms with van der Waals surface area (Å²) in [6.07, 6.45) is 0.524. The van der Waals surface area contributed by atoms with Gasteiger partial charge >= 0.3 is 5.97 Å². The third-order valence-corrected chi connectivity index (χ3v) is 3.79. The Kier molecular flexibility index (Phi) is 4.89. The molecule has 4 nitrogen and oxygen atoms in total. The molecular formula is C15H20ClNO3.